The van der Waals surface area contributed by atoms with Crippen molar-refractivity contribution in [3.63, 3.8) is 0 Å². The molecule has 0 aromatic carbocycles. The lowest BCUT2D eigenvalue weighted by molar-refractivity contribution is -0.141. The van der Waals surface area contributed by atoms with Crippen molar-refractivity contribution in [1.29, 1.82) is 5.26 Å². The van der Waals surface area contributed by atoms with Crippen LogP contribution in [0.15, 0.2) is 0 Å². The second kappa shape index (κ2) is 7.10. The average Bonchev–Trinajstić information content (AvgIpc) is 2.39. The van der Waals surface area contributed by atoms with Crippen LogP contribution in [0.4, 0.5) is 0 Å². The fraction of sp³-hybridized carbons (Fsp3) is 0.769. The van der Waals surface area contributed by atoms with Crippen LogP contribution in [-0.2, 0) is 14.3 Å². The van der Waals surface area contributed by atoms with Gasteiger partial charge in [0.25, 0.3) is 0 Å². The van der Waals surface area contributed by atoms with Crippen molar-refractivity contribution in [2.75, 3.05) is 27.2 Å². The number of hydrogen-bond donors (Lipinski definition) is 1. The largest absolute Gasteiger partial charge is 0.468 e. The van der Waals surface area contributed by atoms with Gasteiger partial charge in [-0.05, 0) is 19.9 Å². The number of ether oxygens (including phenoxy) is 1. The second-order valence-electron chi connectivity index (χ2n) is 5.05. The third-order valence-electron chi connectivity index (χ3n) is 3.34. The summed E-state index contributed by atoms with van der Waals surface area (Å²) in [5.74, 6) is -0.613. The number of nitrogens with zero attached hydrogens (tertiary/aromatic N) is 2. The Balaban J connectivity index is 2.45. The second-order valence-corrected chi connectivity index (χ2v) is 5.05. The predicted molar refractivity (Wildman–Crippen MR) is 69.1 cm³/mol. The highest BCUT2D eigenvalue weighted by molar-refractivity contribution is 5.80. The van der Waals surface area contributed by atoms with E-state index in [-0.39, 0.29) is 25.0 Å². The van der Waals surface area contributed by atoms with Crippen LogP contribution in [0.3, 0.4) is 0 Å². The number of nitriles is 1. The molecule has 0 heterocycles. The van der Waals surface area contributed by atoms with Gasteiger partial charge < -0.3 is 10.1 Å². The van der Waals surface area contributed by atoms with Crippen molar-refractivity contribution >= 4 is 11.9 Å². The summed E-state index contributed by atoms with van der Waals surface area (Å²) >= 11 is 0. The molecule has 0 unspecified atom stereocenters. The Hall–Kier alpha value is -1.61. The molecule has 1 rings (SSSR count). The molecule has 106 valence electrons. The van der Waals surface area contributed by atoms with Gasteiger partial charge in [-0.15, -0.1) is 0 Å². The lowest BCUT2D eigenvalue weighted by Gasteiger charge is -2.32. The van der Waals surface area contributed by atoms with Crippen molar-refractivity contribution in [2.45, 2.75) is 37.6 Å². The molecule has 0 saturated heterocycles. The van der Waals surface area contributed by atoms with Gasteiger partial charge in [-0.25, -0.2) is 0 Å². The van der Waals surface area contributed by atoms with Gasteiger partial charge >= 0.3 is 5.97 Å². The molecule has 0 aromatic heterocycles. The minimum absolute atomic E-state index is 0.0590. The number of esters is 1. The Bertz CT molecular complexity index is 370. The molecule has 1 aliphatic carbocycles. The smallest absolute Gasteiger partial charge is 0.319 e. The number of hydrogen-bond acceptors (Lipinski definition) is 5. The number of carbonyl (C=O) groups is 2. The molecule has 0 radical (unpaired) electrons. The fourth-order valence-electron chi connectivity index (χ4n) is 2.31. The maximum atomic E-state index is 11.9. The predicted octanol–water partition coefficient (Wildman–Crippen LogP) is 0.434. The molecular weight excluding hydrogens is 246 g/mol. The monoisotopic (exact) mass is 267 g/mol. The van der Waals surface area contributed by atoms with Crippen molar-refractivity contribution in [1.82, 2.24) is 10.2 Å². The van der Waals surface area contributed by atoms with E-state index in [1.165, 1.54) is 7.11 Å². The number of rotatable bonds is 5. The molecule has 0 aromatic rings. The van der Waals surface area contributed by atoms with E-state index < -0.39 is 5.54 Å². The van der Waals surface area contributed by atoms with Crippen LogP contribution in [0.2, 0.25) is 0 Å². The minimum atomic E-state index is -0.721. The zero-order valence-corrected chi connectivity index (χ0v) is 11.6. The fourth-order valence-corrected chi connectivity index (χ4v) is 2.31. The zero-order valence-electron chi connectivity index (χ0n) is 11.6. The SMILES string of the molecule is COC(=O)CN(C)CC(=O)NC1(C#N)CCCCC1. The Morgan fingerprint density at radius 3 is 2.47 bits per heavy atom. The number of nitrogens with one attached hydrogen (secondary N) is 1. The van der Waals surface area contributed by atoms with Crippen molar-refractivity contribution in [3.05, 3.63) is 0 Å². The van der Waals surface area contributed by atoms with Crippen LogP contribution in [0, 0.1) is 11.3 Å². The van der Waals surface area contributed by atoms with Crippen LogP contribution in [-0.4, -0.2) is 49.6 Å². The van der Waals surface area contributed by atoms with E-state index in [0.29, 0.717) is 12.8 Å². The summed E-state index contributed by atoms with van der Waals surface area (Å²) in [5.41, 5.74) is -0.721. The summed E-state index contributed by atoms with van der Waals surface area (Å²) in [6, 6.07) is 2.23. The number of methoxy groups -OCH3 is 1. The Kier molecular flexibility index (Phi) is 5.77. The maximum absolute atomic E-state index is 11.9. The Labute approximate surface area is 113 Å². The van der Waals surface area contributed by atoms with E-state index in [1.54, 1.807) is 11.9 Å². The molecule has 6 heteroatoms. The normalized spacial score (nSPS) is 17.6. The molecule has 6 nitrogen and oxygen atoms in total. The summed E-state index contributed by atoms with van der Waals surface area (Å²) in [4.78, 5) is 24.5. The topological polar surface area (TPSA) is 82.4 Å². The molecule has 19 heavy (non-hydrogen) atoms. The summed E-state index contributed by atoms with van der Waals surface area (Å²) in [7, 11) is 2.97. The third-order valence-corrected chi connectivity index (χ3v) is 3.34. The van der Waals surface area contributed by atoms with Crippen molar-refractivity contribution < 1.29 is 14.3 Å². The number of likely N-dealkylation sites (N-methyl/N-ethyl adjacent to an activating group) is 1. The summed E-state index contributed by atoms with van der Waals surface area (Å²) < 4.78 is 4.53. The van der Waals surface area contributed by atoms with Crippen LogP contribution < -0.4 is 5.32 Å². The molecule has 1 aliphatic rings. The highest BCUT2D eigenvalue weighted by Crippen LogP contribution is 2.27. The number of amides is 1. The van der Waals surface area contributed by atoms with Crippen molar-refractivity contribution in [3.8, 4) is 6.07 Å². The summed E-state index contributed by atoms with van der Waals surface area (Å²) in [6.07, 6.45) is 4.45. The van der Waals surface area contributed by atoms with Gasteiger partial charge in [0, 0.05) is 0 Å². The van der Waals surface area contributed by atoms with Gasteiger partial charge in [-0.2, -0.15) is 5.26 Å². The van der Waals surface area contributed by atoms with E-state index in [1.807, 2.05) is 0 Å². The van der Waals surface area contributed by atoms with Gasteiger partial charge in [0.1, 0.15) is 5.54 Å². The standard InChI is InChI=1S/C13H21N3O3/c1-16(9-12(18)19-2)8-11(17)15-13(10-14)6-4-3-5-7-13/h3-9H2,1-2H3,(H,15,17). The maximum Gasteiger partial charge on any atom is 0.319 e. The van der Waals surface area contributed by atoms with E-state index in [4.69, 9.17) is 0 Å². The molecule has 1 N–H and O–H groups in total. The minimum Gasteiger partial charge on any atom is -0.468 e. The van der Waals surface area contributed by atoms with Crippen molar-refractivity contribution in [2.24, 2.45) is 0 Å². The first-order valence-corrected chi connectivity index (χ1v) is 6.49. The molecule has 1 fully saturated rings. The molecule has 0 bridgehead atoms. The quantitative estimate of drug-likeness (QED) is 0.731. The highest BCUT2D eigenvalue weighted by Gasteiger charge is 2.33. The summed E-state index contributed by atoms with van der Waals surface area (Å²) in [6.45, 7) is 0.141. The molecule has 0 atom stereocenters. The van der Waals surface area contributed by atoms with E-state index >= 15 is 0 Å². The van der Waals surface area contributed by atoms with Gasteiger partial charge in [-0.1, -0.05) is 19.3 Å². The Morgan fingerprint density at radius 1 is 1.32 bits per heavy atom. The van der Waals surface area contributed by atoms with E-state index in [9.17, 15) is 14.9 Å². The van der Waals surface area contributed by atoms with Crippen LogP contribution in [0.25, 0.3) is 0 Å². The Morgan fingerprint density at radius 2 is 1.95 bits per heavy atom. The zero-order chi connectivity index (χ0) is 14.3. The molecule has 1 saturated carbocycles. The average molecular weight is 267 g/mol. The molecule has 1 amide bonds. The van der Waals surface area contributed by atoms with Gasteiger partial charge in [0.2, 0.25) is 5.91 Å². The van der Waals surface area contributed by atoms with Crippen LogP contribution in [0.5, 0.6) is 0 Å². The molecule has 0 spiro atoms. The van der Waals surface area contributed by atoms with E-state index in [2.05, 4.69) is 16.1 Å². The molecule has 0 aliphatic heterocycles. The van der Waals surface area contributed by atoms with E-state index in [0.717, 1.165) is 19.3 Å². The number of carbonyl (C=O) groups excluding carboxylic acids is 2. The van der Waals surface area contributed by atoms with Crippen LogP contribution >= 0.6 is 0 Å². The highest BCUT2D eigenvalue weighted by atomic mass is 16.5. The van der Waals surface area contributed by atoms with Gasteiger partial charge in [0.05, 0.1) is 26.3 Å². The van der Waals surface area contributed by atoms with Gasteiger partial charge in [0.15, 0.2) is 0 Å². The lowest BCUT2D eigenvalue weighted by atomic mass is 9.83. The lowest BCUT2D eigenvalue weighted by Crippen LogP contribution is -2.51. The first-order valence-electron chi connectivity index (χ1n) is 6.49. The summed E-state index contributed by atoms with van der Waals surface area (Å²) in [5, 5.41) is 12.1. The third kappa shape index (κ3) is 4.87. The van der Waals surface area contributed by atoms with Crippen LogP contribution in [0.1, 0.15) is 32.1 Å². The molecular formula is C13H21N3O3. The van der Waals surface area contributed by atoms with Gasteiger partial charge in [-0.3, -0.25) is 14.5 Å². The first-order chi connectivity index (χ1) is 9.01. The first kappa shape index (κ1) is 15.4.